The summed E-state index contributed by atoms with van der Waals surface area (Å²) in [6, 6.07) is 0.363. The highest BCUT2D eigenvalue weighted by atomic mass is 14.9. The van der Waals surface area contributed by atoms with Gasteiger partial charge >= 0.3 is 0 Å². The average molecular weight is 198 g/mol. The number of nitrogens with two attached hydrogens (primary N) is 1. The van der Waals surface area contributed by atoms with Gasteiger partial charge in [0, 0.05) is 6.04 Å². The molecule has 0 heterocycles. The summed E-state index contributed by atoms with van der Waals surface area (Å²) in [5.41, 5.74) is 6.42. The SMILES string of the molecule is CC(C)(C)CC(N)CCNCC1CC1. The third-order valence-electron chi connectivity index (χ3n) is 2.70. The van der Waals surface area contributed by atoms with Gasteiger partial charge < -0.3 is 11.1 Å². The Morgan fingerprint density at radius 2 is 2.00 bits per heavy atom. The molecule has 84 valence electrons. The van der Waals surface area contributed by atoms with E-state index in [0.29, 0.717) is 11.5 Å². The van der Waals surface area contributed by atoms with Gasteiger partial charge in [0.25, 0.3) is 0 Å². The van der Waals surface area contributed by atoms with Crippen LogP contribution in [0.3, 0.4) is 0 Å². The predicted molar refractivity (Wildman–Crippen MR) is 62.3 cm³/mol. The number of hydrogen-bond donors (Lipinski definition) is 2. The number of hydrogen-bond acceptors (Lipinski definition) is 2. The second-order valence-electron chi connectivity index (χ2n) is 5.96. The second kappa shape index (κ2) is 5.13. The fraction of sp³-hybridized carbons (Fsp3) is 1.00. The fourth-order valence-corrected chi connectivity index (χ4v) is 1.80. The summed E-state index contributed by atoms with van der Waals surface area (Å²) in [5, 5.41) is 3.48. The molecule has 0 aromatic rings. The Labute approximate surface area is 88.6 Å². The van der Waals surface area contributed by atoms with Gasteiger partial charge in [-0.05, 0) is 50.1 Å². The van der Waals surface area contributed by atoms with Gasteiger partial charge in [0.1, 0.15) is 0 Å². The van der Waals surface area contributed by atoms with E-state index < -0.39 is 0 Å². The molecule has 0 saturated heterocycles. The Morgan fingerprint density at radius 1 is 1.36 bits per heavy atom. The molecule has 0 aromatic carbocycles. The highest BCUT2D eigenvalue weighted by molar-refractivity contribution is 4.76. The minimum absolute atomic E-state index is 0.363. The van der Waals surface area contributed by atoms with Crippen LogP contribution in [0.2, 0.25) is 0 Å². The van der Waals surface area contributed by atoms with Crippen molar-refractivity contribution in [1.82, 2.24) is 5.32 Å². The lowest BCUT2D eigenvalue weighted by molar-refractivity contribution is 0.329. The van der Waals surface area contributed by atoms with Gasteiger partial charge in [0.2, 0.25) is 0 Å². The monoisotopic (exact) mass is 198 g/mol. The molecular weight excluding hydrogens is 172 g/mol. The molecule has 1 aliphatic rings. The molecule has 1 unspecified atom stereocenters. The first-order valence-electron chi connectivity index (χ1n) is 5.94. The van der Waals surface area contributed by atoms with Gasteiger partial charge in [-0.25, -0.2) is 0 Å². The highest BCUT2D eigenvalue weighted by Crippen LogP contribution is 2.27. The van der Waals surface area contributed by atoms with Crippen molar-refractivity contribution in [1.29, 1.82) is 0 Å². The van der Waals surface area contributed by atoms with E-state index in [1.807, 2.05) is 0 Å². The lowest BCUT2D eigenvalue weighted by Gasteiger charge is -2.23. The third kappa shape index (κ3) is 6.39. The molecule has 1 rings (SSSR count). The third-order valence-corrected chi connectivity index (χ3v) is 2.70. The predicted octanol–water partition coefficient (Wildman–Crippen LogP) is 2.14. The Bertz CT molecular complexity index is 156. The molecule has 1 fully saturated rings. The highest BCUT2D eigenvalue weighted by Gasteiger charge is 2.20. The molecular formula is C12H26N2. The van der Waals surface area contributed by atoms with Crippen molar-refractivity contribution in [3.8, 4) is 0 Å². The van der Waals surface area contributed by atoms with Crippen LogP contribution in [-0.4, -0.2) is 19.1 Å². The number of rotatable bonds is 6. The molecule has 1 saturated carbocycles. The molecule has 0 radical (unpaired) electrons. The summed E-state index contributed by atoms with van der Waals surface area (Å²) in [6.45, 7) is 9.06. The van der Waals surface area contributed by atoms with Crippen LogP contribution in [0.25, 0.3) is 0 Å². The molecule has 2 heteroatoms. The van der Waals surface area contributed by atoms with Crippen molar-refractivity contribution in [2.75, 3.05) is 13.1 Å². The van der Waals surface area contributed by atoms with E-state index in [1.165, 1.54) is 19.4 Å². The molecule has 3 N–H and O–H groups in total. The normalized spacial score (nSPS) is 19.7. The van der Waals surface area contributed by atoms with E-state index in [4.69, 9.17) is 5.73 Å². The summed E-state index contributed by atoms with van der Waals surface area (Å²) in [6.07, 6.45) is 5.10. The van der Waals surface area contributed by atoms with Gasteiger partial charge in [-0.2, -0.15) is 0 Å². The lowest BCUT2D eigenvalue weighted by atomic mass is 9.87. The van der Waals surface area contributed by atoms with E-state index in [9.17, 15) is 0 Å². The lowest BCUT2D eigenvalue weighted by Crippen LogP contribution is -2.31. The Morgan fingerprint density at radius 3 is 2.50 bits per heavy atom. The molecule has 0 bridgehead atoms. The van der Waals surface area contributed by atoms with Crippen LogP contribution in [-0.2, 0) is 0 Å². The zero-order chi connectivity index (χ0) is 10.6. The summed E-state index contributed by atoms with van der Waals surface area (Å²) in [4.78, 5) is 0. The second-order valence-corrected chi connectivity index (χ2v) is 5.96. The summed E-state index contributed by atoms with van der Waals surface area (Å²) in [7, 11) is 0. The number of nitrogens with one attached hydrogen (secondary N) is 1. The molecule has 1 atom stereocenters. The van der Waals surface area contributed by atoms with Gasteiger partial charge in [-0.3, -0.25) is 0 Å². The van der Waals surface area contributed by atoms with Crippen LogP contribution in [0, 0.1) is 11.3 Å². The van der Waals surface area contributed by atoms with Crippen molar-refractivity contribution in [2.24, 2.45) is 17.1 Å². The summed E-state index contributed by atoms with van der Waals surface area (Å²) < 4.78 is 0. The minimum atomic E-state index is 0.363. The molecule has 0 aliphatic heterocycles. The molecule has 0 aromatic heterocycles. The quantitative estimate of drug-likeness (QED) is 0.642. The van der Waals surface area contributed by atoms with Gasteiger partial charge in [-0.1, -0.05) is 20.8 Å². The molecule has 14 heavy (non-hydrogen) atoms. The van der Waals surface area contributed by atoms with Crippen LogP contribution < -0.4 is 11.1 Å². The maximum absolute atomic E-state index is 6.05. The van der Waals surface area contributed by atoms with Crippen LogP contribution in [0.15, 0.2) is 0 Å². The van der Waals surface area contributed by atoms with E-state index in [-0.39, 0.29) is 0 Å². The van der Waals surface area contributed by atoms with Crippen LogP contribution in [0.5, 0.6) is 0 Å². The Kier molecular flexibility index (Phi) is 4.39. The standard InChI is InChI=1S/C12H26N2/c1-12(2,3)8-11(13)6-7-14-9-10-4-5-10/h10-11,14H,4-9,13H2,1-3H3. The maximum Gasteiger partial charge on any atom is 0.00558 e. The average Bonchev–Trinajstić information content (AvgIpc) is 2.77. The first kappa shape index (κ1) is 12.0. The molecule has 1 aliphatic carbocycles. The van der Waals surface area contributed by atoms with Crippen LogP contribution >= 0.6 is 0 Å². The van der Waals surface area contributed by atoms with Crippen molar-refractivity contribution < 1.29 is 0 Å². The smallest absolute Gasteiger partial charge is 0.00558 e. The van der Waals surface area contributed by atoms with Crippen molar-refractivity contribution in [3.05, 3.63) is 0 Å². The largest absolute Gasteiger partial charge is 0.328 e. The van der Waals surface area contributed by atoms with Gasteiger partial charge in [-0.15, -0.1) is 0 Å². The Hall–Kier alpha value is -0.0800. The molecule has 2 nitrogen and oxygen atoms in total. The van der Waals surface area contributed by atoms with Crippen molar-refractivity contribution in [2.45, 2.75) is 52.5 Å². The van der Waals surface area contributed by atoms with Gasteiger partial charge in [0.05, 0.1) is 0 Å². The van der Waals surface area contributed by atoms with E-state index in [1.54, 1.807) is 0 Å². The van der Waals surface area contributed by atoms with E-state index >= 15 is 0 Å². The molecule has 0 spiro atoms. The minimum Gasteiger partial charge on any atom is -0.328 e. The maximum atomic E-state index is 6.05. The first-order chi connectivity index (χ1) is 6.47. The zero-order valence-corrected chi connectivity index (χ0v) is 9.97. The van der Waals surface area contributed by atoms with Crippen molar-refractivity contribution in [3.63, 3.8) is 0 Å². The fourth-order valence-electron chi connectivity index (χ4n) is 1.80. The topological polar surface area (TPSA) is 38.0 Å². The van der Waals surface area contributed by atoms with Gasteiger partial charge in [0.15, 0.2) is 0 Å². The Balaban J connectivity index is 1.93. The zero-order valence-electron chi connectivity index (χ0n) is 9.97. The van der Waals surface area contributed by atoms with E-state index in [2.05, 4.69) is 26.1 Å². The van der Waals surface area contributed by atoms with E-state index in [0.717, 1.165) is 25.3 Å². The van der Waals surface area contributed by atoms with Crippen LogP contribution in [0.1, 0.15) is 46.5 Å². The van der Waals surface area contributed by atoms with Crippen molar-refractivity contribution >= 4 is 0 Å². The molecule has 0 amide bonds. The summed E-state index contributed by atoms with van der Waals surface area (Å²) in [5.74, 6) is 0.980. The van der Waals surface area contributed by atoms with Crippen LogP contribution in [0.4, 0.5) is 0 Å². The first-order valence-corrected chi connectivity index (χ1v) is 5.94. The summed E-state index contributed by atoms with van der Waals surface area (Å²) >= 11 is 0.